The fourth-order valence-corrected chi connectivity index (χ4v) is 3.03. The van der Waals surface area contributed by atoms with Gasteiger partial charge in [-0.05, 0) is 26.3 Å². The van der Waals surface area contributed by atoms with E-state index in [1.165, 1.54) is 12.8 Å². The molecule has 0 bridgehead atoms. The first-order chi connectivity index (χ1) is 9.61. The van der Waals surface area contributed by atoms with E-state index in [2.05, 4.69) is 24.0 Å². The molecule has 110 valence electrons. The largest absolute Gasteiger partial charge is 0.336 e. The summed E-state index contributed by atoms with van der Waals surface area (Å²) >= 11 is 0. The van der Waals surface area contributed by atoms with E-state index in [0.717, 1.165) is 49.6 Å². The van der Waals surface area contributed by atoms with Crippen LogP contribution in [0.5, 0.6) is 0 Å². The zero-order chi connectivity index (χ0) is 14.3. The zero-order valence-corrected chi connectivity index (χ0v) is 12.7. The predicted octanol–water partition coefficient (Wildman–Crippen LogP) is 1.25. The van der Waals surface area contributed by atoms with Gasteiger partial charge in [-0.1, -0.05) is 6.92 Å². The van der Waals surface area contributed by atoms with E-state index in [-0.39, 0.29) is 5.91 Å². The summed E-state index contributed by atoms with van der Waals surface area (Å²) in [7, 11) is 4.07. The lowest BCUT2D eigenvalue weighted by Crippen LogP contribution is -2.47. The average molecular weight is 276 g/mol. The minimum Gasteiger partial charge on any atom is -0.336 e. The van der Waals surface area contributed by atoms with Crippen LogP contribution < -0.4 is 0 Å². The molecule has 0 unspecified atom stereocenters. The summed E-state index contributed by atoms with van der Waals surface area (Å²) in [6.07, 6.45) is 3.23. The molecule has 2 aliphatic rings. The van der Waals surface area contributed by atoms with Gasteiger partial charge >= 0.3 is 0 Å². The molecule has 1 saturated carbocycles. The highest BCUT2D eigenvalue weighted by molar-refractivity contribution is 5.97. The van der Waals surface area contributed by atoms with Gasteiger partial charge in [-0.15, -0.1) is 0 Å². The lowest BCUT2D eigenvalue weighted by Gasteiger charge is -2.32. The molecule has 20 heavy (non-hydrogen) atoms. The van der Waals surface area contributed by atoms with Crippen LogP contribution in [0, 0.1) is 0 Å². The number of rotatable bonds is 3. The van der Waals surface area contributed by atoms with Crippen molar-refractivity contribution >= 4 is 5.91 Å². The quantitative estimate of drug-likeness (QED) is 0.834. The predicted molar refractivity (Wildman–Crippen MR) is 78.0 cm³/mol. The number of piperazine rings is 1. The van der Waals surface area contributed by atoms with Gasteiger partial charge in [-0.3, -0.25) is 9.48 Å². The van der Waals surface area contributed by atoms with Crippen LogP contribution in [0.3, 0.4) is 0 Å². The van der Waals surface area contributed by atoms with E-state index in [1.807, 2.05) is 16.6 Å². The van der Waals surface area contributed by atoms with Crippen LogP contribution in [-0.2, 0) is 13.5 Å². The van der Waals surface area contributed by atoms with Crippen molar-refractivity contribution < 1.29 is 4.79 Å². The van der Waals surface area contributed by atoms with Crippen LogP contribution in [0.4, 0.5) is 0 Å². The molecule has 5 heteroatoms. The van der Waals surface area contributed by atoms with Gasteiger partial charge in [0.1, 0.15) is 0 Å². The van der Waals surface area contributed by atoms with Gasteiger partial charge in [-0.2, -0.15) is 5.10 Å². The van der Waals surface area contributed by atoms with Crippen molar-refractivity contribution in [2.24, 2.45) is 7.05 Å². The highest BCUT2D eigenvalue weighted by atomic mass is 16.2. The summed E-state index contributed by atoms with van der Waals surface area (Å²) in [5, 5.41) is 4.63. The smallest absolute Gasteiger partial charge is 0.257 e. The Kier molecular flexibility index (Phi) is 3.54. The van der Waals surface area contributed by atoms with Gasteiger partial charge in [0.05, 0.1) is 17.0 Å². The van der Waals surface area contributed by atoms with E-state index >= 15 is 0 Å². The van der Waals surface area contributed by atoms with Crippen LogP contribution in [0.2, 0.25) is 0 Å². The minimum atomic E-state index is 0.199. The minimum absolute atomic E-state index is 0.199. The van der Waals surface area contributed by atoms with E-state index in [9.17, 15) is 4.79 Å². The third-order valence-electron chi connectivity index (χ3n) is 4.50. The Morgan fingerprint density at radius 3 is 2.40 bits per heavy atom. The standard InChI is InChI=1S/C15H24N4O/c1-4-12-13(14(11-5-6-11)16-18(12)3)15(20)19-9-7-17(2)8-10-19/h11H,4-10H2,1-3H3. The lowest BCUT2D eigenvalue weighted by molar-refractivity contribution is 0.0661. The monoisotopic (exact) mass is 276 g/mol. The first-order valence-corrected chi connectivity index (χ1v) is 7.65. The van der Waals surface area contributed by atoms with Gasteiger partial charge in [0.15, 0.2) is 0 Å². The maximum absolute atomic E-state index is 12.9. The Hall–Kier alpha value is -1.36. The highest BCUT2D eigenvalue weighted by Crippen LogP contribution is 2.42. The molecule has 1 saturated heterocycles. The number of aromatic nitrogens is 2. The molecular weight excluding hydrogens is 252 g/mol. The molecule has 1 aromatic rings. The van der Waals surface area contributed by atoms with Crippen LogP contribution in [0.25, 0.3) is 0 Å². The fraction of sp³-hybridized carbons (Fsp3) is 0.733. The number of hydrogen-bond acceptors (Lipinski definition) is 3. The van der Waals surface area contributed by atoms with Crippen LogP contribution in [-0.4, -0.2) is 58.7 Å². The molecular formula is C15H24N4O. The topological polar surface area (TPSA) is 41.4 Å². The number of likely N-dealkylation sites (N-methyl/N-ethyl adjacent to an activating group) is 1. The van der Waals surface area contributed by atoms with Gasteiger partial charge in [-0.25, -0.2) is 0 Å². The van der Waals surface area contributed by atoms with E-state index in [0.29, 0.717) is 5.92 Å². The molecule has 2 fully saturated rings. The second-order valence-corrected chi connectivity index (χ2v) is 6.05. The highest BCUT2D eigenvalue weighted by Gasteiger charge is 2.35. The second kappa shape index (κ2) is 5.20. The Bertz CT molecular complexity index is 510. The van der Waals surface area contributed by atoms with Crippen molar-refractivity contribution in [2.75, 3.05) is 33.2 Å². The normalized spacial score (nSPS) is 20.4. The Morgan fingerprint density at radius 2 is 1.85 bits per heavy atom. The fourth-order valence-electron chi connectivity index (χ4n) is 3.03. The zero-order valence-electron chi connectivity index (χ0n) is 12.7. The van der Waals surface area contributed by atoms with Gasteiger partial charge < -0.3 is 9.80 Å². The number of aryl methyl sites for hydroxylation is 1. The van der Waals surface area contributed by atoms with Crippen molar-refractivity contribution in [2.45, 2.75) is 32.1 Å². The summed E-state index contributed by atoms with van der Waals surface area (Å²) < 4.78 is 1.91. The number of carbonyl (C=O) groups is 1. The summed E-state index contributed by atoms with van der Waals surface area (Å²) in [5.41, 5.74) is 3.05. The average Bonchev–Trinajstić information content (AvgIpc) is 3.22. The van der Waals surface area contributed by atoms with Crippen LogP contribution in [0.1, 0.15) is 47.4 Å². The number of carbonyl (C=O) groups excluding carboxylic acids is 1. The van der Waals surface area contributed by atoms with E-state index in [1.54, 1.807) is 0 Å². The number of nitrogens with zero attached hydrogens (tertiary/aromatic N) is 4. The summed E-state index contributed by atoms with van der Waals surface area (Å²) in [4.78, 5) is 17.2. The van der Waals surface area contributed by atoms with Crippen molar-refractivity contribution in [3.05, 3.63) is 17.0 Å². The first kappa shape index (κ1) is 13.6. The molecule has 5 nitrogen and oxygen atoms in total. The summed E-state index contributed by atoms with van der Waals surface area (Å²) in [6, 6.07) is 0. The third kappa shape index (κ3) is 2.35. The van der Waals surface area contributed by atoms with Gasteiger partial charge in [0.25, 0.3) is 5.91 Å². The Morgan fingerprint density at radius 1 is 1.20 bits per heavy atom. The summed E-state index contributed by atoms with van der Waals surface area (Å²) in [5.74, 6) is 0.720. The third-order valence-corrected chi connectivity index (χ3v) is 4.50. The second-order valence-electron chi connectivity index (χ2n) is 6.05. The van der Waals surface area contributed by atoms with Crippen LogP contribution >= 0.6 is 0 Å². The van der Waals surface area contributed by atoms with Crippen molar-refractivity contribution in [1.29, 1.82) is 0 Å². The maximum Gasteiger partial charge on any atom is 0.257 e. The molecule has 1 aliphatic heterocycles. The van der Waals surface area contributed by atoms with Crippen LogP contribution in [0.15, 0.2) is 0 Å². The number of amides is 1. The first-order valence-electron chi connectivity index (χ1n) is 7.65. The van der Waals surface area contributed by atoms with Gasteiger partial charge in [0, 0.05) is 39.1 Å². The Labute approximate surface area is 120 Å². The van der Waals surface area contributed by atoms with Crippen molar-refractivity contribution in [1.82, 2.24) is 19.6 Å². The maximum atomic E-state index is 12.9. The molecule has 0 radical (unpaired) electrons. The molecule has 0 spiro atoms. The molecule has 2 heterocycles. The molecule has 0 aromatic carbocycles. The molecule has 3 rings (SSSR count). The molecule has 0 atom stereocenters. The van der Waals surface area contributed by atoms with E-state index < -0.39 is 0 Å². The van der Waals surface area contributed by atoms with E-state index in [4.69, 9.17) is 0 Å². The number of hydrogen-bond donors (Lipinski definition) is 0. The van der Waals surface area contributed by atoms with Crippen molar-refractivity contribution in [3.8, 4) is 0 Å². The SMILES string of the molecule is CCc1c(C(=O)N2CCN(C)CC2)c(C2CC2)nn1C. The summed E-state index contributed by atoms with van der Waals surface area (Å²) in [6.45, 7) is 5.70. The molecule has 0 N–H and O–H groups in total. The molecule has 1 amide bonds. The van der Waals surface area contributed by atoms with Gasteiger partial charge in [0.2, 0.25) is 0 Å². The Balaban J connectivity index is 1.90. The lowest BCUT2D eigenvalue weighted by atomic mass is 10.1. The molecule has 1 aromatic heterocycles. The molecule has 1 aliphatic carbocycles. The van der Waals surface area contributed by atoms with Crippen molar-refractivity contribution in [3.63, 3.8) is 0 Å².